The minimum Gasteiger partial charge on any atom is -0.335 e. The molecule has 0 spiro atoms. The number of likely N-dealkylation sites (N-methyl/N-ethyl adjacent to an activating group) is 1. The van der Waals surface area contributed by atoms with Crippen molar-refractivity contribution in [2.45, 2.75) is 19.6 Å². The molecule has 1 fully saturated rings. The Kier molecular flexibility index (Phi) is 4.27. The lowest BCUT2D eigenvalue weighted by atomic mass is 10.2. The number of piperazine rings is 1. The van der Waals surface area contributed by atoms with E-state index in [1.165, 1.54) is 5.56 Å². The second-order valence-corrected chi connectivity index (χ2v) is 7.00. The van der Waals surface area contributed by atoms with Gasteiger partial charge in [-0.25, -0.2) is 0 Å². The molecule has 0 bridgehead atoms. The predicted octanol–water partition coefficient (Wildman–Crippen LogP) is 0.718. The van der Waals surface area contributed by atoms with Gasteiger partial charge in [0.25, 0.3) is 5.91 Å². The van der Waals surface area contributed by atoms with Gasteiger partial charge < -0.3 is 9.80 Å². The summed E-state index contributed by atoms with van der Waals surface area (Å²) in [6.07, 6.45) is 3.69. The molecule has 2 aliphatic rings. The average Bonchev–Trinajstić information content (AvgIpc) is 3.16. The van der Waals surface area contributed by atoms with Gasteiger partial charge in [0, 0.05) is 70.8 Å². The largest absolute Gasteiger partial charge is 0.335 e. The molecule has 2 aliphatic heterocycles. The topological polar surface area (TPSA) is 57.5 Å². The Hall–Kier alpha value is -2.25. The standard InChI is InChI=1S/C18H24N6O/c1-21-6-8-24(9-7-21)18(25)17-15-12-23(13-16(15)22(2)20-17)11-14-4-3-5-19-10-14/h3-5,10H,6-9,11-13H2,1-2H3. The number of aryl methyl sites for hydroxylation is 1. The molecule has 0 radical (unpaired) electrons. The quantitative estimate of drug-likeness (QED) is 0.824. The number of nitrogens with zero attached hydrogens (tertiary/aromatic N) is 6. The van der Waals surface area contributed by atoms with E-state index >= 15 is 0 Å². The zero-order valence-electron chi connectivity index (χ0n) is 14.9. The van der Waals surface area contributed by atoms with E-state index in [0.717, 1.165) is 57.1 Å². The average molecular weight is 340 g/mol. The van der Waals surface area contributed by atoms with Gasteiger partial charge in [-0.3, -0.25) is 19.4 Å². The van der Waals surface area contributed by atoms with E-state index in [2.05, 4.69) is 33.0 Å². The zero-order chi connectivity index (χ0) is 17.4. The lowest BCUT2D eigenvalue weighted by molar-refractivity contribution is 0.0655. The van der Waals surface area contributed by atoms with Gasteiger partial charge in [0.1, 0.15) is 0 Å². The number of hydrogen-bond donors (Lipinski definition) is 0. The molecule has 7 nitrogen and oxygen atoms in total. The number of carbonyl (C=O) groups excluding carboxylic acids is 1. The van der Waals surface area contributed by atoms with E-state index in [0.29, 0.717) is 5.69 Å². The summed E-state index contributed by atoms with van der Waals surface area (Å²) in [5.74, 6) is 0.0770. The zero-order valence-corrected chi connectivity index (χ0v) is 14.9. The Morgan fingerprint density at radius 1 is 1.16 bits per heavy atom. The maximum atomic E-state index is 12.9. The molecule has 0 unspecified atom stereocenters. The maximum Gasteiger partial charge on any atom is 0.274 e. The number of carbonyl (C=O) groups is 1. The van der Waals surface area contributed by atoms with Crippen LogP contribution in [0.4, 0.5) is 0 Å². The highest BCUT2D eigenvalue weighted by Crippen LogP contribution is 2.27. The van der Waals surface area contributed by atoms with Gasteiger partial charge >= 0.3 is 0 Å². The number of pyridine rings is 1. The molecule has 4 heterocycles. The van der Waals surface area contributed by atoms with Crippen molar-refractivity contribution in [1.29, 1.82) is 0 Å². The molecule has 0 aliphatic carbocycles. The highest BCUT2D eigenvalue weighted by Gasteiger charge is 2.32. The third-order valence-corrected chi connectivity index (χ3v) is 5.15. The number of fused-ring (bicyclic) bond motifs is 1. The highest BCUT2D eigenvalue weighted by atomic mass is 16.2. The number of hydrogen-bond acceptors (Lipinski definition) is 5. The number of rotatable bonds is 3. The normalized spacial score (nSPS) is 18.6. The van der Waals surface area contributed by atoms with E-state index in [1.807, 2.05) is 28.9 Å². The SMILES string of the molecule is CN1CCN(C(=O)c2nn(C)c3c2CN(Cc2cccnc2)C3)CC1. The van der Waals surface area contributed by atoms with Crippen LogP contribution in [-0.2, 0) is 26.7 Å². The Morgan fingerprint density at radius 2 is 1.96 bits per heavy atom. The molecular weight excluding hydrogens is 316 g/mol. The molecule has 7 heteroatoms. The second kappa shape index (κ2) is 6.57. The summed E-state index contributed by atoms with van der Waals surface area (Å²) in [6.45, 7) is 5.84. The van der Waals surface area contributed by atoms with Crippen molar-refractivity contribution >= 4 is 5.91 Å². The van der Waals surface area contributed by atoms with Gasteiger partial charge in [-0.2, -0.15) is 5.10 Å². The molecule has 2 aromatic rings. The minimum atomic E-state index is 0.0770. The summed E-state index contributed by atoms with van der Waals surface area (Å²) in [5, 5.41) is 4.54. The molecule has 1 amide bonds. The van der Waals surface area contributed by atoms with Gasteiger partial charge in [-0.05, 0) is 18.7 Å². The molecule has 0 N–H and O–H groups in total. The van der Waals surface area contributed by atoms with Gasteiger partial charge in [0.2, 0.25) is 0 Å². The van der Waals surface area contributed by atoms with Crippen molar-refractivity contribution < 1.29 is 4.79 Å². The fraction of sp³-hybridized carbons (Fsp3) is 0.500. The first kappa shape index (κ1) is 16.2. The van der Waals surface area contributed by atoms with Crippen LogP contribution >= 0.6 is 0 Å². The van der Waals surface area contributed by atoms with Crippen LogP contribution in [0, 0.1) is 0 Å². The van der Waals surface area contributed by atoms with Gasteiger partial charge in [0.15, 0.2) is 5.69 Å². The van der Waals surface area contributed by atoms with Crippen LogP contribution in [0.5, 0.6) is 0 Å². The molecular formula is C18H24N6O. The fourth-order valence-electron chi connectivity index (χ4n) is 3.65. The first-order valence-corrected chi connectivity index (χ1v) is 8.75. The summed E-state index contributed by atoms with van der Waals surface area (Å²) in [7, 11) is 4.03. The van der Waals surface area contributed by atoms with Crippen LogP contribution in [0.25, 0.3) is 0 Å². The predicted molar refractivity (Wildman–Crippen MR) is 93.8 cm³/mol. The molecule has 0 aromatic carbocycles. The first-order chi connectivity index (χ1) is 12.1. The van der Waals surface area contributed by atoms with Gasteiger partial charge in [-0.1, -0.05) is 6.07 Å². The van der Waals surface area contributed by atoms with Crippen LogP contribution in [0.2, 0.25) is 0 Å². The molecule has 132 valence electrons. The number of aromatic nitrogens is 3. The Morgan fingerprint density at radius 3 is 2.68 bits per heavy atom. The summed E-state index contributed by atoms with van der Waals surface area (Å²) in [5.41, 5.74) is 4.07. The third kappa shape index (κ3) is 3.17. The van der Waals surface area contributed by atoms with Gasteiger partial charge in [-0.15, -0.1) is 0 Å². The lowest BCUT2D eigenvalue weighted by Gasteiger charge is -2.32. The van der Waals surface area contributed by atoms with E-state index in [-0.39, 0.29) is 5.91 Å². The fourth-order valence-corrected chi connectivity index (χ4v) is 3.65. The van der Waals surface area contributed by atoms with Crippen LogP contribution in [-0.4, -0.2) is 68.6 Å². The van der Waals surface area contributed by atoms with Crippen LogP contribution in [0.3, 0.4) is 0 Å². The lowest BCUT2D eigenvalue weighted by Crippen LogP contribution is -2.47. The Bertz CT molecular complexity index is 763. The molecule has 4 rings (SSSR count). The molecule has 25 heavy (non-hydrogen) atoms. The molecule has 1 saturated heterocycles. The third-order valence-electron chi connectivity index (χ3n) is 5.15. The van der Waals surface area contributed by atoms with Gasteiger partial charge in [0.05, 0.1) is 5.69 Å². The van der Waals surface area contributed by atoms with Crippen LogP contribution in [0.15, 0.2) is 24.5 Å². The van der Waals surface area contributed by atoms with Crippen molar-refractivity contribution in [3.05, 3.63) is 47.0 Å². The molecule has 2 aromatic heterocycles. The second-order valence-electron chi connectivity index (χ2n) is 7.00. The van der Waals surface area contributed by atoms with Crippen molar-refractivity contribution in [3.8, 4) is 0 Å². The summed E-state index contributed by atoms with van der Waals surface area (Å²) < 4.78 is 1.88. The van der Waals surface area contributed by atoms with Crippen molar-refractivity contribution in [2.75, 3.05) is 33.2 Å². The smallest absolute Gasteiger partial charge is 0.274 e. The molecule has 0 atom stereocenters. The highest BCUT2D eigenvalue weighted by molar-refractivity contribution is 5.94. The Balaban J connectivity index is 1.50. The minimum absolute atomic E-state index is 0.0770. The summed E-state index contributed by atoms with van der Waals surface area (Å²) in [4.78, 5) is 23.7. The van der Waals surface area contributed by atoms with E-state index < -0.39 is 0 Å². The first-order valence-electron chi connectivity index (χ1n) is 8.75. The molecule has 0 saturated carbocycles. The monoisotopic (exact) mass is 340 g/mol. The summed E-state index contributed by atoms with van der Waals surface area (Å²) in [6, 6.07) is 4.05. The van der Waals surface area contributed by atoms with Crippen LogP contribution in [0.1, 0.15) is 27.3 Å². The Labute approximate surface area is 147 Å². The van der Waals surface area contributed by atoms with Crippen molar-refractivity contribution in [3.63, 3.8) is 0 Å². The maximum absolute atomic E-state index is 12.9. The van der Waals surface area contributed by atoms with Crippen molar-refractivity contribution in [2.24, 2.45) is 7.05 Å². The van der Waals surface area contributed by atoms with E-state index in [1.54, 1.807) is 6.20 Å². The summed E-state index contributed by atoms with van der Waals surface area (Å²) >= 11 is 0. The van der Waals surface area contributed by atoms with E-state index in [9.17, 15) is 4.79 Å². The van der Waals surface area contributed by atoms with Crippen LogP contribution < -0.4 is 0 Å². The van der Waals surface area contributed by atoms with Crippen molar-refractivity contribution in [1.82, 2.24) is 29.5 Å². The van der Waals surface area contributed by atoms with E-state index in [4.69, 9.17) is 0 Å². The number of amides is 1.